The van der Waals surface area contributed by atoms with Gasteiger partial charge in [0.15, 0.2) is 4.80 Å². The van der Waals surface area contributed by atoms with E-state index >= 15 is 0 Å². The molecular weight excluding hydrogens is 292 g/mol. The zero-order chi connectivity index (χ0) is 15.4. The van der Waals surface area contributed by atoms with E-state index in [1.54, 1.807) is 19.2 Å². The smallest absolute Gasteiger partial charge is 0.353 e. The lowest BCUT2D eigenvalue weighted by atomic mass is 10.1. The van der Waals surface area contributed by atoms with E-state index in [0.29, 0.717) is 10.5 Å². The fourth-order valence-electron chi connectivity index (χ4n) is 1.76. The van der Waals surface area contributed by atoms with Crippen LogP contribution in [0.4, 0.5) is 5.69 Å². The number of aromatic nitrogens is 1. The minimum Gasteiger partial charge on any atom is -0.477 e. The number of ether oxygens (including phenoxy) is 1. The number of benzene rings is 1. The van der Waals surface area contributed by atoms with Crippen molar-refractivity contribution in [2.45, 2.75) is 6.42 Å². The van der Waals surface area contributed by atoms with Crippen LogP contribution in [0.2, 0.25) is 0 Å². The van der Waals surface area contributed by atoms with Crippen molar-refractivity contribution in [3.8, 4) is 0 Å². The number of methoxy groups -OCH3 is 1. The fraction of sp³-hybridized carbons (Fsp3) is 0.214. The summed E-state index contributed by atoms with van der Waals surface area (Å²) in [5, 5.41) is 10.6. The summed E-state index contributed by atoms with van der Waals surface area (Å²) < 4.78 is 6.16. The van der Waals surface area contributed by atoms with Crippen molar-refractivity contribution in [2.75, 3.05) is 7.11 Å². The molecule has 2 rings (SSSR count). The molecule has 1 N–H and O–H groups in total. The van der Waals surface area contributed by atoms with E-state index < -0.39 is 5.97 Å². The van der Waals surface area contributed by atoms with Gasteiger partial charge >= 0.3 is 11.9 Å². The molecular formula is C14H14N2O4S. The average Bonchev–Trinajstić information content (AvgIpc) is 2.82. The average molecular weight is 306 g/mol. The Morgan fingerprint density at radius 2 is 2.10 bits per heavy atom. The minimum absolute atomic E-state index is 0.122. The van der Waals surface area contributed by atoms with Gasteiger partial charge in [-0.1, -0.05) is 18.2 Å². The Morgan fingerprint density at radius 1 is 1.38 bits per heavy atom. The van der Waals surface area contributed by atoms with E-state index in [9.17, 15) is 9.59 Å². The number of hydrogen-bond acceptors (Lipinski definition) is 5. The summed E-state index contributed by atoms with van der Waals surface area (Å²) in [6, 6.07) is 7.19. The molecule has 0 atom stereocenters. The number of nitrogens with zero attached hydrogens (tertiary/aromatic N) is 2. The van der Waals surface area contributed by atoms with Crippen LogP contribution in [-0.4, -0.2) is 28.7 Å². The van der Waals surface area contributed by atoms with Crippen LogP contribution in [0.15, 0.2) is 34.6 Å². The molecule has 7 heteroatoms. The molecule has 0 aliphatic carbocycles. The molecule has 0 aliphatic heterocycles. The van der Waals surface area contributed by atoms with Gasteiger partial charge in [-0.05, 0) is 11.6 Å². The van der Waals surface area contributed by atoms with Crippen molar-refractivity contribution in [2.24, 2.45) is 12.0 Å². The summed E-state index contributed by atoms with van der Waals surface area (Å²) in [6.07, 6.45) is 0.122. The van der Waals surface area contributed by atoms with Gasteiger partial charge in [0.2, 0.25) is 0 Å². The Labute approximate surface area is 125 Å². The maximum atomic E-state index is 11.4. The Hall–Kier alpha value is -2.41. The largest absolute Gasteiger partial charge is 0.477 e. The molecule has 2 aromatic rings. The predicted molar refractivity (Wildman–Crippen MR) is 77.6 cm³/mol. The molecule has 0 saturated carbocycles. The number of carboxylic acids is 1. The van der Waals surface area contributed by atoms with E-state index in [-0.39, 0.29) is 18.1 Å². The Balaban J connectivity index is 2.46. The maximum Gasteiger partial charge on any atom is 0.353 e. The first-order chi connectivity index (χ1) is 10.0. The van der Waals surface area contributed by atoms with Gasteiger partial charge in [0, 0.05) is 12.4 Å². The highest BCUT2D eigenvalue weighted by Crippen LogP contribution is 2.19. The normalized spacial score (nSPS) is 11.4. The van der Waals surface area contributed by atoms with Crippen LogP contribution in [0.5, 0.6) is 0 Å². The van der Waals surface area contributed by atoms with Crippen LogP contribution in [0.3, 0.4) is 0 Å². The standard InChI is InChI=1S/C14H14N2O4S/c1-16-11(13(18)19)8-21-14(16)15-10-6-4-3-5-9(10)7-12(17)20-2/h3-6,8H,7H2,1-2H3,(H,18,19). The van der Waals surface area contributed by atoms with Crippen LogP contribution in [0.25, 0.3) is 0 Å². The molecule has 1 heterocycles. The number of esters is 1. The zero-order valence-electron chi connectivity index (χ0n) is 11.6. The van der Waals surface area contributed by atoms with Crippen molar-refractivity contribution in [3.63, 3.8) is 0 Å². The molecule has 6 nitrogen and oxygen atoms in total. The third kappa shape index (κ3) is 3.38. The number of hydrogen-bond donors (Lipinski definition) is 1. The molecule has 0 radical (unpaired) electrons. The second-order valence-corrected chi connectivity index (χ2v) is 5.10. The van der Waals surface area contributed by atoms with Crippen molar-refractivity contribution >= 4 is 29.0 Å². The highest BCUT2D eigenvalue weighted by atomic mass is 32.1. The van der Waals surface area contributed by atoms with E-state index in [1.165, 1.54) is 28.4 Å². The second kappa shape index (κ2) is 6.36. The molecule has 110 valence electrons. The highest BCUT2D eigenvalue weighted by Gasteiger charge is 2.10. The van der Waals surface area contributed by atoms with E-state index in [4.69, 9.17) is 5.11 Å². The number of thiazole rings is 1. The summed E-state index contributed by atoms with van der Waals surface area (Å²) in [6.45, 7) is 0. The van der Waals surface area contributed by atoms with Gasteiger partial charge in [0.05, 0.1) is 19.2 Å². The Morgan fingerprint density at radius 3 is 2.71 bits per heavy atom. The summed E-state index contributed by atoms with van der Waals surface area (Å²) in [4.78, 5) is 27.4. The van der Waals surface area contributed by atoms with Gasteiger partial charge in [0.25, 0.3) is 0 Å². The lowest BCUT2D eigenvalue weighted by Crippen LogP contribution is -2.16. The summed E-state index contributed by atoms with van der Waals surface area (Å²) in [7, 11) is 2.97. The van der Waals surface area contributed by atoms with Crippen molar-refractivity contribution in [3.05, 3.63) is 45.7 Å². The lowest BCUT2D eigenvalue weighted by Gasteiger charge is -2.04. The van der Waals surface area contributed by atoms with Crippen LogP contribution >= 0.6 is 11.3 Å². The van der Waals surface area contributed by atoms with Crippen molar-refractivity contribution in [1.82, 2.24) is 4.57 Å². The van der Waals surface area contributed by atoms with Gasteiger partial charge in [0.1, 0.15) is 5.69 Å². The van der Waals surface area contributed by atoms with Gasteiger partial charge < -0.3 is 14.4 Å². The number of aromatic carboxylic acids is 1. The predicted octanol–water partition coefficient (Wildman–Crippen LogP) is 1.73. The third-order valence-corrected chi connectivity index (χ3v) is 3.83. The third-order valence-electron chi connectivity index (χ3n) is 2.91. The number of rotatable bonds is 4. The number of para-hydroxylation sites is 1. The zero-order valence-corrected chi connectivity index (χ0v) is 12.4. The van der Waals surface area contributed by atoms with Gasteiger partial charge in [-0.15, -0.1) is 11.3 Å². The van der Waals surface area contributed by atoms with Gasteiger partial charge in [-0.2, -0.15) is 0 Å². The SMILES string of the molecule is COC(=O)Cc1ccccc1N=c1scc(C(=O)O)n1C. The topological polar surface area (TPSA) is 80.9 Å². The molecule has 1 aromatic heterocycles. The molecule has 0 bridgehead atoms. The summed E-state index contributed by atoms with van der Waals surface area (Å²) in [5.74, 6) is -1.35. The molecule has 0 spiro atoms. The Kier molecular flexibility index (Phi) is 4.54. The molecule has 1 aromatic carbocycles. The first-order valence-electron chi connectivity index (χ1n) is 6.10. The van der Waals surface area contributed by atoms with Gasteiger partial charge in [-0.25, -0.2) is 9.79 Å². The molecule has 0 saturated heterocycles. The van der Waals surface area contributed by atoms with E-state index in [2.05, 4.69) is 9.73 Å². The highest BCUT2D eigenvalue weighted by molar-refractivity contribution is 7.07. The quantitative estimate of drug-likeness (QED) is 0.872. The fourth-order valence-corrected chi connectivity index (χ4v) is 2.65. The number of carboxylic acid groups (broad SMARTS) is 1. The van der Waals surface area contributed by atoms with E-state index in [0.717, 1.165) is 5.56 Å². The van der Waals surface area contributed by atoms with Gasteiger partial charge in [-0.3, -0.25) is 4.79 Å². The molecule has 21 heavy (non-hydrogen) atoms. The second-order valence-electron chi connectivity index (χ2n) is 4.26. The van der Waals surface area contributed by atoms with Crippen LogP contribution in [0, 0.1) is 0 Å². The van der Waals surface area contributed by atoms with Crippen LogP contribution in [0.1, 0.15) is 16.1 Å². The molecule has 0 amide bonds. The monoisotopic (exact) mass is 306 g/mol. The maximum absolute atomic E-state index is 11.4. The van der Waals surface area contributed by atoms with Crippen molar-refractivity contribution in [1.29, 1.82) is 0 Å². The van der Waals surface area contributed by atoms with Crippen molar-refractivity contribution < 1.29 is 19.4 Å². The summed E-state index contributed by atoms with van der Waals surface area (Å²) >= 11 is 1.23. The van der Waals surface area contributed by atoms with Crippen LogP contribution < -0.4 is 4.80 Å². The lowest BCUT2D eigenvalue weighted by molar-refractivity contribution is -0.139. The Bertz CT molecular complexity index is 745. The first kappa shape index (κ1) is 15.0. The number of carbonyl (C=O) groups excluding carboxylic acids is 1. The minimum atomic E-state index is -1.00. The first-order valence-corrected chi connectivity index (χ1v) is 6.98. The van der Waals surface area contributed by atoms with Crippen LogP contribution in [-0.2, 0) is 23.0 Å². The summed E-state index contributed by atoms with van der Waals surface area (Å²) in [5.41, 5.74) is 1.52. The molecule has 0 aliphatic rings. The molecule has 0 fully saturated rings. The molecule has 0 unspecified atom stereocenters. The van der Waals surface area contributed by atoms with E-state index in [1.807, 2.05) is 12.1 Å². The number of carbonyl (C=O) groups is 2.